The summed E-state index contributed by atoms with van der Waals surface area (Å²) in [5.41, 5.74) is 7.13. The predicted octanol–water partition coefficient (Wildman–Crippen LogP) is 3.58. The van der Waals surface area contributed by atoms with Crippen molar-refractivity contribution in [1.29, 1.82) is 0 Å². The summed E-state index contributed by atoms with van der Waals surface area (Å²) in [5.74, 6) is -4.91. The molecule has 8 N–H and O–H groups in total. The zero-order chi connectivity index (χ0) is 60.8. The number of carboxylic acids is 4. The molecular formula is C59H76N14O11S. The first-order valence-electron chi connectivity index (χ1n) is 28.4. The van der Waals surface area contributed by atoms with E-state index in [-0.39, 0.29) is 108 Å². The molecule has 3 aromatic carbocycles. The number of thiocarbonyl (C=S) groups is 1. The van der Waals surface area contributed by atoms with E-state index in [2.05, 4.69) is 31.5 Å². The topological polar surface area (TPSA) is 312 Å². The number of fused-ring (bicyclic) bond motifs is 5. The second-order valence-corrected chi connectivity index (χ2v) is 21.8. The van der Waals surface area contributed by atoms with E-state index in [1.807, 2.05) is 96.5 Å². The van der Waals surface area contributed by atoms with Gasteiger partial charge in [0.1, 0.15) is 11.4 Å². The molecule has 454 valence electrons. The lowest BCUT2D eigenvalue weighted by atomic mass is 9.95. The Hall–Kier alpha value is -8.27. The number of unbranched alkanes of at least 4 members (excludes halogenated alkanes) is 2. The van der Waals surface area contributed by atoms with Gasteiger partial charge in [-0.3, -0.25) is 53.2 Å². The van der Waals surface area contributed by atoms with Gasteiger partial charge >= 0.3 is 23.9 Å². The van der Waals surface area contributed by atoms with Crippen LogP contribution in [0.4, 0.5) is 17.1 Å². The van der Waals surface area contributed by atoms with Gasteiger partial charge in [-0.1, -0.05) is 59.8 Å². The number of carboxylic acid groups (broad SMARTS) is 4. The van der Waals surface area contributed by atoms with Crippen LogP contribution in [0.25, 0.3) is 22.5 Å². The van der Waals surface area contributed by atoms with E-state index in [0.29, 0.717) is 81.3 Å². The molecule has 25 nitrogen and oxygen atoms in total. The van der Waals surface area contributed by atoms with Crippen LogP contribution in [0.15, 0.2) is 91.1 Å². The van der Waals surface area contributed by atoms with Gasteiger partial charge in [0.15, 0.2) is 5.11 Å². The monoisotopic (exact) mass is 1190 g/mol. The summed E-state index contributed by atoms with van der Waals surface area (Å²) in [5, 5.41) is 60.9. The Morgan fingerprint density at radius 3 is 1.94 bits per heavy atom. The number of nitrogens with zero attached hydrogens (tertiary/aromatic N) is 10. The van der Waals surface area contributed by atoms with Crippen molar-refractivity contribution < 1.29 is 54.0 Å². The Kier molecular flexibility index (Phi) is 24.3. The van der Waals surface area contributed by atoms with Crippen molar-refractivity contribution in [2.75, 3.05) is 121 Å². The summed E-state index contributed by atoms with van der Waals surface area (Å²) in [4.78, 5) is 102. The maximum atomic E-state index is 14.2. The molecule has 2 aliphatic rings. The largest absolute Gasteiger partial charge is 0.480 e. The summed E-state index contributed by atoms with van der Waals surface area (Å²) < 4.78 is 1.89. The lowest BCUT2D eigenvalue weighted by Gasteiger charge is -2.37. The number of aromatic nitrogens is 4. The number of pyridine rings is 1. The highest BCUT2D eigenvalue weighted by Gasteiger charge is 2.31. The fourth-order valence-corrected chi connectivity index (χ4v) is 10.5. The van der Waals surface area contributed by atoms with Gasteiger partial charge in [-0.05, 0) is 99.9 Å². The quantitative estimate of drug-likeness (QED) is 0.0290. The maximum Gasteiger partial charge on any atom is 0.317 e. The molecule has 0 radical (unpaired) electrons. The van der Waals surface area contributed by atoms with Crippen molar-refractivity contribution in [3.05, 3.63) is 108 Å². The van der Waals surface area contributed by atoms with Gasteiger partial charge in [0, 0.05) is 108 Å². The van der Waals surface area contributed by atoms with Crippen LogP contribution in [0.5, 0.6) is 0 Å². The number of carbonyl (C=O) groups is 7. The van der Waals surface area contributed by atoms with Crippen LogP contribution in [0.2, 0.25) is 0 Å². The Balaban J connectivity index is 0.929. The normalized spacial score (nSPS) is 15.4. The predicted molar refractivity (Wildman–Crippen MR) is 323 cm³/mol. The van der Waals surface area contributed by atoms with E-state index in [1.165, 1.54) is 6.20 Å². The van der Waals surface area contributed by atoms with E-state index in [4.69, 9.17) is 17.3 Å². The lowest BCUT2D eigenvalue weighted by molar-refractivity contribution is -0.142. The summed E-state index contributed by atoms with van der Waals surface area (Å²) >= 11 is 5.68. The highest BCUT2D eigenvalue weighted by Crippen LogP contribution is 2.41. The minimum atomic E-state index is -1.09. The number of para-hydroxylation sites is 1. The zero-order valence-corrected chi connectivity index (χ0v) is 48.8. The van der Waals surface area contributed by atoms with Crippen LogP contribution in [-0.4, -0.2) is 223 Å². The molecule has 5 aromatic rings. The minimum Gasteiger partial charge on any atom is -0.480 e. The molecule has 85 heavy (non-hydrogen) atoms. The van der Waals surface area contributed by atoms with Gasteiger partial charge in [-0.2, -0.15) is 0 Å². The van der Waals surface area contributed by atoms with Crippen LogP contribution in [0, 0.1) is 0 Å². The molecule has 0 bridgehead atoms. The number of aliphatic carboxylic acids is 4. The molecule has 4 heterocycles. The number of aryl methyl sites for hydroxylation is 1. The van der Waals surface area contributed by atoms with Gasteiger partial charge in [0.05, 0.1) is 56.0 Å². The van der Waals surface area contributed by atoms with Crippen LogP contribution in [0.1, 0.15) is 60.1 Å². The highest BCUT2D eigenvalue weighted by molar-refractivity contribution is 7.80. The summed E-state index contributed by atoms with van der Waals surface area (Å²) in [7, 11) is 3.84. The van der Waals surface area contributed by atoms with Crippen LogP contribution in [-0.2, 0) is 48.3 Å². The van der Waals surface area contributed by atoms with Crippen molar-refractivity contribution in [2.24, 2.45) is 0 Å². The van der Waals surface area contributed by atoms with Gasteiger partial charge in [-0.15, -0.1) is 5.10 Å². The number of amides is 3. The second kappa shape index (κ2) is 32.1. The Morgan fingerprint density at radius 1 is 0.647 bits per heavy atom. The third kappa shape index (κ3) is 20.2. The van der Waals surface area contributed by atoms with E-state index in [9.17, 15) is 54.0 Å². The molecule has 1 atom stereocenters. The van der Waals surface area contributed by atoms with E-state index < -0.39 is 29.9 Å². The molecule has 0 spiro atoms. The molecule has 7 rings (SSSR count). The zero-order valence-electron chi connectivity index (χ0n) is 48.0. The number of hydrogen-bond acceptors (Lipinski definition) is 16. The average molecular weight is 1190 g/mol. The molecule has 1 unspecified atom stereocenters. The average Bonchev–Trinajstić information content (AvgIpc) is 2.07. The number of hydrogen-bond donors (Lipinski definition) is 8. The van der Waals surface area contributed by atoms with Gasteiger partial charge in [0.2, 0.25) is 11.8 Å². The standard InChI is InChI=1S/C59H76N14O11S/c1-67(2)26-24-60-58(84)48-22-21-44(34-62-48)63-50(74)15-7-8-16-51(75)72-35-42-11-3-4-12-46(42)56-57(47-13-5-6-14-49(47)72)73(66-65-56)25-10-9-23-61-59(85)64-43-19-17-41(18-20-43)33-45-36-70(39-54(80)81)30-29-68(37-52(76)77)27-28-69(38-53(78)79)31-32-71(45)40-55(82)83/h3-6,11-14,17-22,34,45H,7-10,15-16,23-33,35-40H2,1-2H3,(H,60,84)(H,63,74)(H,76,77)(H,78,79)(H,80,81)(H,82,83)(H2,61,64,85). The third-order valence-electron chi connectivity index (χ3n) is 14.6. The van der Waals surface area contributed by atoms with Crippen molar-refractivity contribution in [3.8, 4) is 22.5 Å². The first kappa shape index (κ1) is 64.3. The summed E-state index contributed by atoms with van der Waals surface area (Å²) in [6, 6.07) is 25.8. The molecular weight excluding hydrogens is 1110 g/mol. The second-order valence-electron chi connectivity index (χ2n) is 21.4. The fraction of sp³-hybridized carbons (Fsp3) is 0.441. The lowest BCUT2D eigenvalue weighted by Crippen LogP contribution is -2.53. The number of nitrogens with one attached hydrogen (secondary N) is 4. The van der Waals surface area contributed by atoms with Crippen LogP contribution in [0.3, 0.4) is 0 Å². The Bertz CT molecular complexity index is 3110. The minimum absolute atomic E-state index is 0.0824. The third-order valence-corrected chi connectivity index (χ3v) is 14.8. The van der Waals surface area contributed by atoms with E-state index >= 15 is 0 Å². The molecule has 0 saturated carbocycles. The molecule has 2 aliphatic heterocycles. The van der Waals surface area contributed by atoms with E-state index in [0.717, 1.165) is 39.3 Å². The maximum absolute atomic E-state index is 14.2. The number of carbonyl (C=O) groups excluding carboxylic acids is 3. The van der Waals surface area contributed by atoms with Crippen molar-refractivity contribution >= 4 is 76.0 Å². The summed E-state index contributed by atoms with van der Waals surface area (Å²) in [6.45, 7) is 2.55. The number of rotatable bonds is 26. The SMILES string of the molecule is CN(C)CCNC(=O)c1ccc(NC(=O)CCCCC(=O)N2Cc3ccccc3-c3nnn(CCCCNC(=S)Nc4ccc(CC5CN(CC(=O)O)CCN(CC(=O)O)CCN(CC(=O)O)CCN5CC(=O)O)cc4)c3-c3ccccc32)cn1. The van der Waals surface area contributed by atoms with Crippen molar-refractivity contribution in [2.45, 2.75) is 64.1 Å². The molecule has 2 aromatic heterocycles. The smallest absolute Gasteiger partial charge is 0.317 e. The van der Waals surface area contributed by atoms with Crippen molar-refractivity contribution in [1.82, 2.24) is 55.1 Å². The summed E-state index contributed by atoms with van der Waals surface area (Å²) in [6.07, 6.45) is 4.58. The number of benzene rings is 3. The molecule has 0 aliphatic carbocycles. The molecule has 26 heteroatoms. The Labute approximate surface area is 498 Å². The first-order valence-corrected chi connectivity index (χ1v) is 28.8. The highest BCUT2D eigenvalue weighted by atomic mass is 32.1. The van der Waals surface area contributed by atoms with Gasteiger partial charge in [-0.25, -0.2) is 9.67 Å². The van der Waals surface area contributed by atoms with E-state index in [1.54, 1.807) is 36.6 Å². The Morgan fingerprint density at radius 2 is 1.27 bits per heavy atom. The van der Waals surface area contributed by atoms with Crippen LogP contribution >= 0.6 is 12.2 Å². The first-order chi connectivity index (χ1) is 40.9. The van der Waals surface area contributed by atoms with Gasteiger partial charge in [0.25, 0.3) is 5.91 Å². The molecule has 1 saturated heterocycles. The molecule has 3 amide bonds. The fourth-order valence-electron chi connectivity index (χ4n) is 10.3. The number of anilines is 3. The van der Waals surface area contributed by atoms with Crippen molar-refractivity contribution in [3.63, 3.8) is 0 Å². The van der Waals surface area contributed by atoms with Crippen LogP contribution < -0.4 is 26.2 Å². The number of likely N-dealkylation sites (N-methyl/N-ethyl adjacent to an activating group) is 1. The van der Waals surface area contributed by atoms with Gasteiger partial charge < -0.3 is 51.5 Å². The molecule has 1 fully saturated rings.